The molecule has 0 aromatic heterocycles. The normalized spacial score (nSPS) is 31.9. The zero-order valence-corrected chi connectivity index (χ0v) is 12.9. The number of carbonyl (C=O) groups is 1. The Morgan fingerprint density at radius 3 is 2.71 bits per heavy atom. The van der Waals surface area contributed by atoms with Crippen LogP contribution >= 0.6 is 0 Å². The highest BCUT2D eigenvalue weighted by Gasteiger charge is 2.25. The van der Waals surface area contributed by atoms with Crippen molar-refractivity contribution in [3.05, 3.63) is 36.1 Å². The van der Waals surface area contributed by atoms with Crippen LogP contribution in [0, 0.1) is 5.92 Å². The molecule has 0 radical (unpaired) electrons. The van der Waals surface area contributed by atoms with Crippen LogP contribution in [0.1, 0.15) is 57.8 Å². The van der Waals surface area contributed by atoms with E-state index >= 15 is 0 Å². The molecule has 2 rings (SSSR count). The van der Waals surface area contributed by atoms with Gasteiger partial charge in [-0.15, -0.1) is 0 Å². The van der Waals surface area contributed by atoms with Crippen molar-refractivity contribution >= 4 is 5.91 Å². The molecule has 0 aliphatic heterocycles. The van der Waals surface area contributed by atoms with Crippen LogP contribution in [0.4, 0.5) is 0 Å². The van der Waals surface area contributed by atoms with E-state index in [1.807, 2.05) is 12.2 Å². The summed E-state index contributed by atoms with van der Waals surface area (Å²) in [5.41, 5.74) is 7.85. The quantitative estimate of drug-likeness (QED) is 0.816. The molecule has 1 fully saturated rings. The summed E-state index contributed by atoms with van der Waals surface area (Å²) in [5, 5.41) is 3.10. The van der Waals surface area contributed by atoms with Crippen molar-refractivity contribution in [2.75, 3.05) is 0 Å². The lowest BCUT2D eigenvalue weighted by Crippen LogP contribution is -2.36. The molecule has 0 spiro atoms. The fourth-order valence-corrected chi connectivity index (χ4v) is 3.04. The second-order valence-electron chi connectivity index (χ2n) is 6.31. The molecule has 1 saturated carbocycles. The van der Waals surface area contributed by atoms with Gasteiger partial charge in [0, 0.05) is 17.7 Å². The van der Waals surface area contributed by atoms with Crippen LogP contribution in [0.15, 0.2) is 36.1 Å². The topological polar surface area (TPSA) is 55.1 Å². The van der Waals surface area contributed by atoms with E-state index in [1.165, 1.54) is 12.8 Å². The molecule has 116 valence electrons. The molecular weight excluding hydrogens is 260 g/mol. The van der Waals surface area contributed by atoms with Gasteiger partial charge in [0.15, 0.2) is 0 Å². The molecule has 2 aliphatic rings. The number of amides is 1. The van der Waals surface area contributed by atoms with E-state index in [1.54, 1.807) is 0 Å². The highest BCUT2D eigenvalue weighted by Crippen LogP contribution is 2.24. The molecule has 0 heterocycles. The minimum Gasteiger partial charge on any atom is -0.328 e. The van der Waals surface area contributed by atoms with E-state index in [0.717, 1.165) is 56.2 Å². The lowest BCUT2D eigenvalue weighted by Gasteiger charge is -2.26. The summed E-state index contributed by atoms with van der Waals surface area (Å²) < 4.78 is 0. The van der Waals surface area contributed by atoms with Gasteiger partial charge < -0.3 is 11.1 Å². The molecule has 0 atom stereocenters. The van der Waals surface area contributed by atoms with Crippen molar-refractivity contribution in [2.24, 2.45) is 11.7 Å². The second-order valence-corrected chi connectivity index (χ2v) is 6.31. The maximum absolute atomic E-state index is 12.4. The van der Waals surface area contributed by atoms with Gasteiger partial charge in [-0.2, -0.15) is 0 Å². The van der Waals surface area contributed by atoms with E-state index in [4.69, 9.17) is 5.73 Å². The lowest BCUT2D eigenvalue weighted by molar-refractivity contribution is -0.125. The molecular formula is C18H28N2O. The van der Waals surface area contributed by atoms with E-state index in [9.17, 15) is 4.79 Å². The first-order valence-corrected chi connectivity index (χ1v) is 8.28. The maximum Gasteiger partial charge on any atom is 0.227 e. The zero-order chi connectivity index (χ0) is 15.1. The van der Waals surface area contributed by atoms with E-state index in [2.05, 4.69) is 18.0 Å². The monoisotopic (exact) mass is 288 g/mol. The maximum atomic E-state index is 12.4. The van der Waals surface area contributed by atoms with Gasteiger partial charge in [-0.3, -0.25) is 4.79 Å². The highest BCUT2D eigenvalue weighted by molar-refractivity contribution is 5.81. The van der Waals surface area contributed by atoms with Crippen LogP contribution in [-0.4, -0.2) is 11.9 Å². The molecule has 3 N–H and O–H groups in total. The van der Waals surface area contributed by atoms with Gasteiger partial charge in [0.05, 0.1) is 0 Å². The largest absolute Gasteiger partial charge is 0.328 e. The Hall–Kier alpha value is -1.35. The molecule has 21 heavy (non-hydrogen) atoms. The van der Waals surface area contributed by atoms with Crippen molar-refractivity contribution in [3.8, 4) is 0 Å². The third-order valence-corrected chi connectivity index (χ3v) is 4.53. The van der Waals surface area contributed by atoms with Crippen LogP contribution in [0.25, 0.3) is 0 Å². The van der Waals surface area contributed by atoms with Crippen LogP contribution < -0.4 is 11.1 Å². The van der Waals surface area contributed by atoms with Crippen molar-refractivity contribution < 1.29 is 4.79 Å². The molecule has 0 bridgehead atoms. The van der Waals surface area contributed by atoms with Gasteiger partial charge in [-0.25, -0.2) is 0 Å². The van der Waals surface area contributed by atoms with Crippen molar-refractivity contribution in [1.29, 1.82) is 0 Å². The number of nitrogens with two attached hydrogens (primary N) is 1. The number of carbonyl (C=O) groups excluding carboxylic acids is 1. The third-order valence-electron chi connectivity index (χ3n) is 4.53. The number of hydrogen-bond acceptors (Lipinski definition) is 2. The van der Waals surface area contributed by atoms with Crippen LogP contribution in [0.5, 0.6) is 0 Å². The molecule has 3 nitrogen and oxygen atoms in total. The van der Waals surface area contributed by atoms with E-state index in [0.29, 0.717) is 0 Å². The molecule has 0 aromatic carbocycles. The molecule has 1 amide bonds. The van der Waals surface area contributed by atoms with Crippen LogP contribution in [0.3, 0.4) is 0 Å². The Morgan fingerprint density at radius 2 is 1.95 bits per heavy atom. The summed E-state index contributed by atoms with van der Waals surface area (Å²) in [6, 6.07) is 0.278. The molecule has 0 aromatic rings. The Bertz CT molecular complexity index is 428. The Kier molecular flexibility index (Phi) is 6.24. The van der Waals surface area contributed by atoms with Crippen LogP contribution in [-0.2, 0) is 4.79 Å². The Labute approximate surface area is 128 Å². The predicted octanol–water partition coefficient (Wildman–Crippen LogP) is 3.58. The van der Waals surface area contributed by atoms with Gasteiger partial charge in [0.2, 0.25) is 5.91 Å². The standard InChI is InChI=1S/C18H28N2O/c1-14-8-6-4-2-3-5-7-9-17(14)20-18(21)15-10-12-16(19)13-11-15/h5,7,9,15-16H,1-4,6,8,10-13,19H2,(H,20,21)/b7-5-,17-9+. The lowest BCUT2D eigenvalue weighted by atomic mass is 9.86. The fourth-order valence-electron chi connectivity index (χ4n) is 3.04. The summed E-state index contributed by atoms with van der Waals surface area (Å²) >= 11 is 0. The smallest absolute Gasteiger partial charge is 0.227 e. The van der Waals surface area contributed by atoms with Crippen LogP contribution in [0.2, 0.25) is 0 Å². The average Bonchev–Trinajstić information content (AvgIpc) is 2.49. The minimum absolute atomic E-state index is 0.109. The Balaban J connectivity index is 1.97. The van der Waals surface area contributed by atoms with Crippen molar-refractivity contribution in [2.45, 2.75) is 63.8 Å². The first kappa shape index (κ1) is 16.0. The van der Waals surface area contributed by atoms with Gasteiger partial charge in [-0.1, -0.05) is 25.2 Å². The fraction of sp³-hybridized carbons (Fsp3) is 0.611. The van der Waals surface area contributed by atoms with Gasteiger partial charge in [0.1, 0.15) is 0 Å². The zero-order valence-electron chi connectivity index (χ0n) is 12.9. The predicted molar refractivity (Wildman–Crippen MR) is 87.5 cm³/mol. The first-order valence-electron chi connectivity index (χ1n) is 8.28. The van der Waals surface area contributed by atoms with E-state index < -0.39 is 0 Å². The molecule has 2 aliphatic carbocycles. The highest BCUT2D eigenvalue weighted by atomic mass is 16.1. The summed E-state index contributed by atoms with van der Waals surface area (Å²) in [7, 11) is 0. The van der Waals surface area contributed by atoms with Gasteiger partial charge in [0.25, 0.3) is 0 Å². The summed E-state index contributed by atoms with van der Waals surface area (Å²) in [4.78, 5) is 12.4. The molecule has 0 unspecified atom stereocenters. The van der Waals surface area contributed by atoms with Gasteiger partial charge in [-0.05, 0) is 63.0 Å². The minimum atomic E-state index is 0.109. The number of nitrogens with one attached hydrogen (secondary N) is 1. The van der Waals surface area contributed by atoms with Gasteiger partial charge >= 0.3 is 0 Å². The number of hydrogen-bond donors (Lipinski definition) is 2. The summed E-state index contributed by atoms with van der Waals surface area (Å²) in [6.45, 7) is 4.14. The molecule has 0 saturated heterocycles. The molecule has 3 heteroatoms. The third kappa shape index (κ3) is 5.16. The number of allylic oxidation sites excluding steroid dienone is 4. The summed E-state index contributed by atoms with van der Waals surface area (Å²) in [6.07, 6.45) is 15.6. The second kappa shape index (κ2) is 8.18. The first-order chi connectivity index (χ1) is 10.2. The SMILES string of the molecule is C=C1CCCCC/C=C\C=C/1NC(=O)C1CCC(N)CC1. The van der Waals surface area contributed by atoms with E-state index in [-0.39, 0.29) is 17.9 Å². The van der Waals surface area contributed by atoms with Crippen molar-refractivity contribution in [1.82, 2.24) is 5.32 Å². The van der Waals surface area contributed by atoms with Crippen molar-refractivity contribution in [3.63, 3.8) is 0 Å². The Morgan fingerprint density at radius 1 is 1.19 bits per heavy atom. The number of rotatable bonds is 2. The summed E-state index contributed by atoms with van der Waals surface area (Å²) in [5.74, 6) is 0.248. The average molecular weight is 288 g/mol.